The lowest BCUT2D eigenvalue weighted by Gasteiger charge is -2.40. The van der Waals surface area contributed by atoms with Crippen LogP contribution in [0.25, 0.3) is 0 Å². The van der Waals surface area contributed by atoms with Gasteiger partial charge in [0.25, 0.3) is 0 Å². The van der Waals surface area contributed by atoms with Gasteiger partial charge in [-0.05, 0) is 48.9 Å². The average Bonchev–Trinajstić information content (AvgIpc) is 2.73. The number of hydrogen-bond donors (Lipinski definition) is 6. The number of benzene rings is 2. The predicted octanol–water partition coefficient (Wildman–Crippen LogP) is 0.439. The highest BCUT2D eigenvalue weighted by Crippen LogP contribution is 2.38. The van der Waals surface area contributed by atoms with Gasteiger partial charge in [-0.25, -0.2) is 0 Å². The van der Waals surface area contributed by atoms with Crippen LogP contribution in [0.1, 0.15) is 29.7 Å². The number of aliphatic hydroxyl groups excluding tert-OH is 4. The van der Waals surface area contributed by atoms with E-state index in [1.54, 1.807) is 12.1 Å². The summed E-state index contributed by atoms with van der Waals surface area (Å²) in [7, 11) is 0. The summed E-state index contributed by atoms with van der Waals surface area (Å²) < 4.78 is 10.9. The first-order chi connectivity index (χ1) is 14.2. The molecule has 9 heteroatoms. The maximum absolute atomic E-state index is 10.8. The van der Waals surface area contributed by atoms with Crippen LogP contribution in [0.4, 0.5) is 0 Å². The first kappa shape index (κ1) is 22.9. The summed E-state index contributed by atoms with van der Waals surface area (Å²) in [6, 6.07) is 10.4. The molecule has 8 nitrogen and oxygen atoms in total. The molecule has 0 saturated carbocycles. The maximum atomic E-state index is 10.8. The highest BCUT2D eigenvalue weighted by atomic mass is 35.5. The normalized spacial score (nSPS) is 27.1. The molecule has 1 aliphatic heterocycles. The predicted molar refractivity (Wildman–Crippen MR) is 107 cm³/mol. The van der Waals surface area contributed by atoms with E-state index < -0.39 is 42.9 Å². The number of hydrogen-bond acceptors (Lipinski definition) is 8. The van der Waals surface area contributed by atoms with Crippen molar-refractivity contribution >= 4 is 11.6 Å². The first-order valence-corrected chi connectivity index (χ1v) is 9.87. The maximum Gasteiger partial charge on any atom is 0.218 e. The van der Waals surface area contributed by atoms with Crippen LogP contribution in [-0.2, 0) is 10.5 Å². The van der Waals surface area contributed by atoms with Crippen LogP contribution in [-0.4, -0.2) is 68.3 Å². The lowest BCUT2D eigenvalue weighted by molar-refractivity contribution is -0.231. The van der Waals surface area contributed by atoms with Crippen molar-refractivity contribution in [1.82, 2.24) is 0 Å². The third-order valence-electron chi connectivity index (χ3n) is 5.15. The third kappa shape index (κ3) is 4.32. The van der Waals surface area contributed by atoms with Gasteiger partial charge < -0.3 is 40.1 Å². The molecule has 0 bridgehead atoms. The molecular weight excluding hydrogens is 416 g/mol. The molecule has 0 aliphatic carbocycles. The molecule has 1 saturated heterocycles. The molecule has 0 spiro atoms. The number of ether oxygens (including phenoxy) is 2. The van der Waals surface area contributed by atoms with Crippen molar-refractivity contribution in [3.8, 4) is 5.75 Å². The molecule has 6 N–H and O–H groups in total. The lowest BCUT2D eigenvalue weighted by Crippen LogP contribution is -2.55. The van der Waals surface area contributed by atoms with Gasteiger partial charge in [0.2, 0.25) is 5.79 Å². The van der Waals surface area contributed by atoms with Crippen molar-refractivity contribution in [2.24, 2.45) is 0 Å². The molecule has 1 fully saturated rings. The molecule has 1 heterocycles. The fraction of sp³-hybridized carbons (Fsp3) is 0.429. The minimum Gasteiger partial charge on any atom is -0.494 e. The summed E-state index contributed by atoms with van der Waals surface area (Å²) in [4.78, 5) is 0. The minimum atomic E-state index is -2.47. The number of halogens is 1. The summed E-state index contributed by atoms with van der Waals surface area (Å²) in [5.74, 6) is -1.90. The van der Waals surface area contributed by atoms with Crippen molar-refractivity contribution < 1.29 is 40.1 Å². The molecular formula is C21H25ClO8. The molecule has 5 atom stereocenters. The van der Waals surface area contributed by atoms with E-state index in [2.05, 4.69) is 0 Å². The Morgan fingerprint density at radius 2 is 1.67 bits per heavy atom. The van der Waals surface area contributed by atoms with Crippen LogP contribution in [0.3, 0.4) is 0 Å². The van der Waals surface area contributed by atoms with E-state index in [1.807, 2.05) is 6.92 Å². The fourth-order valence-corrected chi connectivity index (χ4v) is 3.72. The second-order valence-electron chi connectivity index (χ2n) is 7.12. The Morgan fingerprint density at radius 3 is 2.27 bits per heavy atom. The molecule has 1 aliphatic rings. The van der Waals surface area contributed by atoms with Gasteiger partial charge in [-0.15, -0.1) is 0 Å². The Hall–Kier alpha value is -1.75. The van der Waals surface area contributed by atoms with Crippen molar-refractivity contribution in [1.29, 1.82) is 0 Å². The fourth-order valence-electron chi connectivity index (χ4n) is 3.47. The van der Waals surface area contributed by atoms with E-state index >= 15 is 0 Å². The van der Waals surface area contributed by atoms with Gasteiger partial charge >= 0.3 is 0 Å². The zero-order valence-corrected chi connectivity index (χ0v) is 17.0. The number of rotatable bonds is 6. The molecule has 5 unspecified atom stereocenters. The molecule has 0 radical (unpaired) electrons. The largest absolute Gasteiger partial charge is 0.494 e. The smallest absolute Gasteiger partial charge is 0.218 e. The Balaban J connectivity index is 1.96. The van der Waals surface area contributed by atoms with Crippen molar-refractivity contribution in [3.63, 3.8) is 0 Å². The second-order valence-corrected chi connectivity index (χ2v) is 7.53. The SMILES string of the molecule is CCOc1ccc(C(O)(O)c2cc(C3OC(CO)C(O)C(O)C3O)ccc2Cl)cc1. The van der Waals surface area contributed by atoms with Gasteiger partial charge in [0.15, 0.2) is 0 Å². The summed E-state index contributed by atoms with van der Waals surface area (Å²) >= 11 is 6.22. The van der Waals surface area contributed by atoms with Crippen molar-refractivity contribution in [3.05, 3.63) is 64.2 Å². The topological polar surface area (TPSA) is 140 Å². The lowest BCUT2D eigenvalue weighted by atomic mass is 9.89. The van der Waals surface area contributed by atoms with Gasteiger partial charge in [0, 0.05) is 16.1 Å². The van der Waals surface area contributed by atoms with E-state index in [0.717, 1.165) is 0 Å². The molecule has 3 rings (SSSR count). The van der Waals surface area contributed by atoms with Crippen molar-refractivity contribution in [2.45, 2.75) is 43.2 Å². The third-order valence-corrected chi connectivity index (χ3v) is 5.48. The van der Waals surface area contributed by atoms with E-state index in [-0.39, 0.29) is 21.7 Å². The Morgan fingerprint density at radius 1 is 1.00 bits per heavy atom. The van der Waals surface area contributed by atoms with E-state index in [0.29, 0.717) is 12.4 Å². The summed E-state index contributed by atoms with van der Waals surface area (Å²) in [5, 5.41) is 61.4. The van der Waals surface area contributed by atoms with E-state index in [4.69, 9.17) is 21.1 Å². The zero-order chi connectivity index (χ0) is 22.1. The Labute approximate surface area is 178 Å². The van der Waals surface area contributed by atoms with Gasteiger partial charge in [0.1, 0.15) is 36.3 Å². The summed E-state index contributed by atoms with van der Waals surface area (Å²) in [6.45, 7) is 1.73. The highest BCUT2D eigenvalue weighted by Gasteiger charge is 2.44. The van der Waals surface area contributed by atoms with Crippen LogP contribution >= 0.6 is 11.6 Å². The first-order valence-electron chi connectivity index (χ1n) is 9.49. The van der Waals surface area contributed by atoms with Gasteiger partial charge in [-0.1, -0.05) is 17.7 Å². The monoisotopic (exact) mass is 440 g/mol. The molecule has 0 amide bonds. The molecule has 2 aromatic rings. The zero-order valence-electron chi connectivity index (χ0n) is 16.2. The average molecular weight is 441 g/mol. The van der Waals surface area contributed by atoms with Crippen molar-refractivity contribution in [2.75, 3.05) is 13.2 Å². The minimum absolute atomic E-state index is 0.0576. The van der Waals surface area contributed by atoms with Gasteiger partial charge in [0.05, 0.1) is 13.2 Å². The van der Waals surface area contributed by atoms with Gasteiger partial charge in [-0.2, -0.15) is 0 Å². The Bertz CT molecular complexity index is 855. The van der Waals surface area contributed by atoms with Crippen LogP contribution in [0, 0.1) is 0 Å². The molecule has 164 valence electrons. The van der Waals surface area contributed by atoms with Crippen LogP contribution < -0.4 is 4.74 Å². The van der Waals surface area contributed by atoms with E-state index in [9.17, 15) is 30.6 Å². The molecule has 30 heavy (non-hydrogen) atoms. The second kappa shape index (κ2) is 9.17. The van der Waals surface area contributed by atoms with E-state index in [1.165, 1.54) is 30.3 Å². The standard InChI is InChI=1S/C21H25ClO8/c1-2-29-13-6-4-12(5-7-13)21(27,28)14-9-11(3-8-15(14)22)20-19(26)18(25)17(24)16(10-23)30-20/h3-9,16-20,23-28H,2,10H2,1H3. The molecule has 2 aromatic carbocycles. The highest BCUT2D eigenvalue weighted by molar-refractivity contribution is 6.31. The molecule has 0 aromatic heterocycles. The van der Waals surface area contributed by atoms with Crippen LogP contribution in [0.5, 0.6) is 5.75 Å². The van der Waals surface area contributed by atoms with Gasteiger partial charge in [-0.3, -0.25) is 0 Å². The summed E-state index contributed by atoms with van der Waals surface area (Å²) in [5.41, 5.74) is 0.353. The van der Waals surface area contributed by atoms with Crippen LogP contribution in [0.15, 0.2) is 42.5 Å². The Kier molecular flexibility index (Phi) is 7.01. The quantitative estimate of drug-likeness (QED) is 0.356. The van der Waals surface area contributed by atoms with Crippen LogP contribution in [0.2, 0.25) is 5.02 Å². The summed E-state index contributed by atoms with van der Waals surface area (Å²) in [6.07, 6.45) is -6.78. The number of aliphatic hydroxyl groups is 6.